The van der Waals surface area contributed by atoms with E-state index < -0.39 is 35.2 Å². The second-order valence-corrected chi connectivity index (χ2v) is 24.0. The molecule has 0 atom stereocenters. The number of benzene rings is 12. The Morgan fingerprint density at radius 1 is 0.277 bits per heavy atom. The molecule has 0 saturated heterocycles. The minimum absolute atomic E-state index is 0.0111. The Hall–Kier alpha value is -11.3. The number of hydrogen-bond acceptors (Lipinski definition) is 1. The monoisotopic (exact) mass is 1250 g/mol. The van der Waals surface area contributed by atoms with Crippen LogP contribution < -0.4 is 0 Å². The van der Waals surface area contributed by atoms with Gasteiger partial charge in [-0.25, -0.2) is 0 Å². The zero-order valence-corrected chi connectivity index (χ0v) is 50.7. The first-order valence-electron chi connectivity index (χ1n) is 30.3. The van der Waals surface area contributed by atoms with Crippen molar-refractivity contribution < 1.29 is 39.5 Å². The molecule has 16 aromatic rings. The van der Waals surface area contributed by atoms with Crippen molar-refractivity contribution in [1.82, 2.24) is 18.3 Å². The number of nitrogens with zero attached hydrogens (tertiary/aromatic N) is 5. The molecule has 0 bridgehead atoms. The second kappa shape index (κ2) is 21.9. The molecule has 94 heavy (non-hydrogen) atoms. The van der Waals surface area contributed by atoms with Crippen molar-refractivity contribution in [2.75, 3.05) is 0 Å². The SMILES string of the molecule is Cc1ccc2c(c1)c1ccccc1n2-c1cc(-c2ccccc2C(F)(F)F)cc(-n2c3ccccc3c3cc(C)ccc32)c1C#N.Cc1ccc2c(c1)c1ccccc1n2-c1cc(-c2ccccc2C(F)(F)F)cc(-n2c3ccccc3c3cc(C)ccc32)c1C(F)(F)F. The number of aromatic nitrogens is 4. The van der Waals surface area contributed by atoms with Crippen molar-refractivity contribution in [3.05, 3.63) is 287 Å². The number of nitriles is 1. The van der Waals surface area contributed by atoms with Gasteiger partial charge in [-0.05, 0) is 159 Å². The summed E-state index contributed by atoms with van der Waals surface area (Å²) in [5.41, 5.74) is 8.00. The van der Waals surface area contributed by atoms with E-state index in [1.165, 1.54) is 51.6 Å². The molecule has 0 aliphatic carbocycles. The van der Waals surface area contributed by atoms with Crippen LogP contribution >= 0.6 is 0 Å². The van der Waals surface area contributed by atoms with Crippen LogP contribution in [-0.4, -0.2) is 18.3 Å². The Labute approximate surface area is 532 Å². The van der Waals surface area contributed by atoms with Crippen LogP contribution in [0.25, 0.3) is 132 Å². The van der Waals surface area contributed by atoms with E-state index >= 15 is 13.2 Å². The maximum Gasteiger partial charge on any atom is 0.420 e. The van der Waals surface area contributed by atoms with Crippen molar-refractivity contribution in [2.24, 2.45) is 0 Å². The van der Waals surface area contributed by atoms with Gasteiger partial charge in [-0.3, -0.25) is 0 Å². The Balaban J connectivity index is 0.000000155. The van der Waals surface area contributed by atoms with Crippen LogP contribution in [0, 0.1) is 39.0 Å². The van der Waals surface area contributed by atoms with Crippen molar-refractivity contribution >= 4 is 87.2 Å². The van der Waals surface area contributed by atoms with Crippen molar-refractivity contribution in [3.8, 4) is 51.1 Å². The van der Waals surface area contributed by atoms with Gasteiger partial charge >= 0.3 is 18.5 Å². The van der Waals surface area contributed by atoms with E-state index in [1.807, 2.05) is 158 Å². The van der Waals surface area contributed by atoms with E-state index in [-0.39, 0.29) is 28.1 Å². The number of alkyl halides is 9. The lowest BCUT2D eigenvalue weighted by Crippen LogP contribution is -2.16. The molecule has 0 saturated carbocycles. The van der Waals surface area contributed by atoms with Crippen molar-refractivity contribution in [1.29, 1.82) is 5.26 Å². The van der Waals surface area contributed by atoms with E-state index in [0.29, 0.717) is 44.6 Å². The Morgan fingerprint density at radius 2 is 0.532 bits per heavy atom. The predicted octanol–water partition coefficient (Wildman–Crippen LogP) is 23.3. The molecular weight excluding hydrogens is 1200 g/mol. The first kappa shape index (κ1) is 59.0. The van der Waals surface area contributed by atoms with Gasteiger partial charge in [-0.1, -0.05) is 156 Å². The quantitative estimate of drug-likeness (QED) is 0.153. The van der Waals surface area contributed by atoms with Gasteiger partial charge in [0.1, 0.15) is 17.2 Å². The van der Waals surface area contributed by atoms with Crippen molar-refractivity contribution in [3.63, 3.8) is 0 Å². The summed E-state index contributed by atoms with van der Waals surface area (Å²) in [5, 5.41) is 17.9. The predicted molar refractivity (Wildman–Crippen MR) is 360 cm³/mol. The second-order valence-electron chi connectivity index (χ2n) is 24.0. The summed E-state index contributed by atoms with van der Waals surface area (Å²) in [6, 6.07) is 72.6. The molecule has 460 valence electrons. The zero-order chi connectivity index (χ0) is 65.3. The largest absolute Gasteiger partial charge is 0.420 e. The van der Waals surface area contributed by atoms with Crippen molar-refractivity contribution in [2.45, 2.75) is 46.2 Å². The third-order valence-corrected chi connectivity index (χ3v) is 18.0. The van der Waals surface area contributed by atoms with Crippen LogP contribution in [0.3, 0.4) is 0 Å². The molecule has 4 heterocycles. The fourth-order valence-electron chi connectivity index (χ4n) is 14.0. The Bertz CT molecular complexity index is 5560. The molecule has 0 fully saturated rings. The molecule has 12 aromatic carbocycles. The van der Waals surface area contributed by atoms with E-state index in [2.05, 4.69) is 18.2 Å². The molecule has 0 N–H and O–H groups in total. The molecular formula is C80H52F9N5. The van der Waals surface area contributed by atoms with Gasteiger partial charge in [-0.15, -0.1) is 0 Å². The van der Waals surface area contributed by atoms with E-state index in [0.717, 1.165) is 99.5 Å². The zero-order valence-electron chi connectivity index (χ0n) is 50.7. The number of aryl methyl sites for hydroxylation is 4. The van der Waals surface area contributed by atoms with E-state index in [1.54, 1.807) is 54.6 Å². The van der Waals surface area contributed by atoms with Crippen LogP contribution in [0.1, 0.15) is 44.5 Å². The van der Waals surface area contributed by atoms with Gasteiger partial charge in [0.05, 0.1) is 78.0 Å². The fourth-order valence-corrected chi connectivity index (χ4v) is 14.0. The average molecular weight is 1250 g/mol. The molecule has 14 heteroatoms. The Kier molecular flexibility index (Phi) is 13.8. The van der Waals surface area contributed by atoms with Crippen LogP contribution in [0.4, 0.5) is 39.5 Å². The molecule has 0 spiro atoms. The van der Waals surface area contributed by atoms with Gasteiger partial charge < -0.3 is 18.3 Å². The summed E-state index contributed by atoms with van der Waals surface area (Å²) in [7, 11) is 0. The highest BCUT2D eigenvalue weighted by atomic mass is 19.4. The minimum Gasteiger partial charge on any atom is -0.309 e. The molecule has 0 amide bonds. The Morgan fingerprint density at radius 3 is 0.819 bits per heavy atom. The number of hydrogen-bond donors (Lipinski definition) is 0. The number of rotatable bonds is 6. The normalized spacial score (nSPS) is 12.3. The first-order chi connectivity index (χ1) is 45.2. The summed E-state index contributed by atoms with van der Waals surface area (Å²) in [5.74, 6) is 0. The molecule has 5 nitrogen and oxygen atoms in total. The fraction of sp³-hybridized carbons (Fsp3) is 0.0875. The van der Waals surface area contributed by atoms with Gasteiger partial charge in [0.25, 0.3) is 0 Å². The van der Waals surface area contributed by atoms with E-state index in [4.69, 9.17) is 0 Å². The first-order valence-corrected chi connectivity index (χ1v) is 30.3. The van der Waals surface area contributed by atoms with Gasteiger partial charge in [0.2, 0.25) is 0 Å². The highest BCUT2D eigenvalue weighted by molar-refractivity contribution is 6.13. The molecule has 0 aliphatic rings. The van der Waals surface area contributed by atoms with Crippen LogP contribution in [-0.2, 0) is 18.5 Å². The van der Waals surface area contributed by atoms with E-state index in [9.17, 15) is 31.6 Å². The topological polar surface area (TPSA) is 43.5 Å². The number of fused-ring (bicyclic) bond motifs is 12. The van der Waals surface area contributed by atoms with Crippen LogP contribution in [0.15, 0.2) is 243 Å². The van der Waals surface area contributed by atoms with Crippen LogP contribution in [0.5, 0.6) is 0 Å². The van der Waals surface area contributed by atoms with Gasteiger partial charge in [0, 0.05) is 43.1 Å². The maximum atomic E-state index is 15.8. The maximum absolute atomic E-state index is 15.8. The molecule has 0 radical (unpaired) electrons. The van der Waals surface area contributed by atoms with Gasteiger partial charge in [0.15, 0.2) is 0 Å². The molecule has 16 rings (SSSR count). The molecule has 0 aliphatic heterocycles. The highest BCUT2D eigenvalue weighted by Gasteiger charge is 2.41. The smallest absolute Gasteiger partial charge is 0.309 e. The van der Waals surface area contributed by atoms with Crippen LogP contribution in [0.2, 0.25) is 0 Å². The third-order valence-electron chi connectivity index (χ3n) is 18.0. The van der Waals surface area contributed by atoms with Gasteiger partial charge in [-0.2, -0.15) is 44.8 Å². The third kappa shape index (κ3) is 9.63. The lowest BCUT2D eigenvalue weighted by molar-refractivity contribution is -0.138. The summed E-state index contributed by atoms with van der Waals surface area (Å²) < 4.78 is 141. The number of halogens is 9. The molecule has 0 unspecified atom stereocenters. The lowest BCUT2D eigenvalue weighted by atomic mass is 9.95. The summed E-state index contributed by atoms with van der Waals surface area (Å²) >= 11 is 0. The standard InChI is InChI=1S/C40H26F6N2.C40H26F3N3/c1-23-15-17-34-29(19-23)27-10-4-7-13-32(27)47(34)36-21-25(26-9-3-6-12-31(26)39(41,42)43)22-37(38(36)40(44,45)46)48-33-14-8-5-11-28(33)30-20-24(2)16-18-35(30)48;1-24-15-17-36-30(19-24)28-10-4-7-13-34(28)45(36)38-21-26(27-9-3-6-12-33(27)40(41,42)43)22-39(32(38)23-44)46-35-14-8-5-11-29(35)31-20-25(2)16-18-37(31)46/h3-22H,1-2H3;3-22H,1-2H3. The summed E-state index contributed by atoms with van der Waals surface area (Å²) in [6.45, 7) is 7.87. The number of para-hydroxylation sites is 4. The highest BCUT2D eigenvalue weighted by Crippen LogP contribution is 2.49. The average Bonchev–Trinajstić information content (AvgIpc) is 1.51. The summed E-state index contributed by atoms with van der Waals surface area (Å²) in [4.78, 5) is 0. The summed E-state index contributed by atoms with van der Waals surface area (Å²) in [6.07, 6.45) is -14.2. The lowest BCUT2D eigenvalue weighted by Gasteiger charge is -2.24. The minimum atomic E-state index is -4.91. The molecule has 4 aromatic heterocycles.